The van der Waals surface area contributed by atoms with Crippen LogP contribution in [0.2, 0.25) is 0 Å². The van der Waals surface area contributed by atoms with E-state index in [0.717, 1.165) is 4.47 Å². The fourth-order valence-electron chi connectivity index (χ4n) is 1.65. The van der Waals surface area contributed by atoms with Gasteiger partial charge in [0.1, 0.15) is 17.2 Å². The van der Waals surface area contributed by atoms with E-state index in [1.165, 1.54) is 19.4 Å². The second kappa shape index (κ2) is 8.19. The summed E-state index contributed by atoms with van der Waals surface area (Å²) >= 11 is 3.31. The summed E-state index contributed by atoms with van der Waals surface area (Å²) in [5.41, 5.74) is 2.75. The van der Waals surface area contributed by atoms with Crippen LogP contribution in [0.3, 0.4) is 0 Å². The molecule has 0 radical (unpaired) electrons. The summed E-state index contributed by atoms with van der Waals surface area (Å²) in [5.74, 6) is 0.786. The fourth-order valence-corrected chi connectivity index (χ4v) is 1.91. The van der Waals surface area contributed by atoms with Crippen molar-refractivity contribution in [2.24, 2.45) is 5.10 Å². The summed E-state index contributed by atoms with van der Waals surface area (Å²) in [6, 6.07) is 11.8. The van der Waals surface area contributed by atoms with Crippen LogP contribution in [0.4, 0.5) is 0 Å². The third kappa shape index (κ3) is 5.30. The van der Waals surface area contributed by atoms with Gasteiger partial charge in [0, 0.05) is 10.0 Å². The topological polar surface area (TPSA) is 80.2 Å². The molecule has 0 saturated heterocycles. The molecule has 0 aliphatic heterocycles. The number of hydrogen-bond acceptors (Lipinski definition) is 5. The smallest absolute Gasteiger partial charge is 0.277 e. The highest BCUT2D eigenvalue weighted by Crippen LogP contribution is 2.21. The Bertz CT molecular complexity index is 702. The monoisotopic (exact) mass is 378 g/mol. The molecule has 2 N–H and O–H groups in total. The average molecular weight is 379 g/mol. The molecule has 1 amide bonds. The molecule has 2 aromatic carbocycles. The van der Waals surface area contributed by atoms with E-state index in [2.05, 4.69) is 26.5 Å². The van der Waals surface area contributed by atoms with E-state index in [-0.39, 0.29) is 12.4 Å². The molecule has 2 aromatic rings. The van der Waals surface area contributed by atoms with E-state index in [1.807, 2.05) is 12.1 Å². The van der Waals surface area contributed by atoms with Gasteiger partial charge in [-0.15, -0.1) is 0 Å². The summed E-state index contributed by atoms with van der Waals surface area (Å²) < 4.78 is 11.3. The number of nitrogens with one attached hydrogen (secondary N) is 1. The first-order chi connectivity index (χ1) is 11.1. The zero-order chi connectivity index (χ0) is 16.7. The maximum Gasteiger partial charge on any atom is 0.277 e. The molecular weight excluding hydrogens is 364 g/mol. The SMILES string of the molecule is COc1ccc(O)c(C=NNC(=O)COc2ccc(Br)cc2)c1. The molecule has 0 aliphatic rings. The number of phenolic OH excluding ortho intramolecular Hbond substituents is 1. The van der Waals surface area contributed by atoms with Gasteiger partial charge in [-0.1, -0.05) is 15.9 Å². The summed E-state index contributed by atoms with van der Waals surface area (Å²) in [7, 11) is 1.52. The summed E-state index contributed by atoms with van der Waals surface area (Å²) in [5, 5.41) is 13.5. The van der Waals surface area contributed by atoms with Crippen LogP contribution in [-0.4, -0.2) is 30.9 Å². The molecule has 0 bridgehead atoms. The van der Waals surface area contributed by atoms with E-state index in [1.54, 1.807) is 24.3 Å². The predicted molar refractivity (Wildman–Crippen MR) is 90.0 cm³/mol. The Hall–Kier alpha value is -2.54. The first-order valence-corrected chi connectivity index (χ1v) is 7.45. The highest BCUT2D eigenvalue weighted by molar-refractivity contribution is 9.10. The highest BCUT2D eigenvalue weighted by Gasteiger charge is 2.03. The van der Waals surface area contributed by atoms with Crippen molar-refractivity contribution in [3.8, 4) is 17.2 Å². The number of amides is 1. The van der Waals surface area contributed by atoms with Gasteiger partial charge in [-0.25, -0.2) is 5.43 Å². The minimum absolute atomic E-state index is 0.0370. The number of ether oxygens (including phenoxy) is 2. The zero-order valence-electron chi connectivity index (χ0n) is 12.3. The average Bonchev–Trinajstić information content (AvgIpc) is 2.56. The Morgan fingerprint density at radius 3 is 2.65 bits per heavy atom. The van der Waals surface area contributed by atoms with Crippen LogP contribution in [0.5, 0.6) is 17.2 Å². The quantitative estimate of drug-likeness (QED) is 0.598. The van der Waals surface area contributed by atoms with Crippen LogP contribution >= 0.6 is 15.9 Å². The van der Waals surface area contributed by atoms with E-state index in [9.17, 15) is 9.90 Å². The lowest BCUT2D eigenvalue weighted by molar-refractivity contribution is -0.123. The maximum absolute atomic E-state index is 11.6. The van der Waals surface area contributed by atoms with Crippen LogP contribution in [0.15, 0.2) is 52.0 Å². The molecular formula is C16H15BrN2O4. The number of benzene rings is 2. The van der Waals surface area contributed by atoms with Gasteiger partial charge in [-0.3, -0.25) is 4.79 Å². The van der Waals surface area contributed by atoms with Crippen molar-refractivity contribution < 1.29 is 19.4 Å². The Morgan fingerprint density at radius 2 is 1.96 bits per heavy atom. The largest absolute Gasteiger partial charge is 0.507 e. The van der Waals surface area contributed by atoms with Gasteiger partial charge in [0.05, 0.1) is 13.3 Å². The van der Waals surface area contributed by atoms with Crippen molar-refractivity contribution in [3.63, 3.8) is 0 Å². The fraction of sp³-hybridized carbons (Fsp3) is 0.125. The summed E-state index contributed by atoms with van der Waals surface area (Å²) in [4.78, 5) is 11.6. The third-order valence-corrected chi connectivity index (χ3v) is 3.34. The molecule has 2 rings (SSSR count). The number of aromatic hydroxyl groups is 1. The molecule has 0 heterocycles. The number of halogens is 1. The number of hydrogen-bond donors (Lipinski definition) is 2. The minimum atomic E-state index is -0.411. The van der Waals surface area contributed by atoms with E-state index < -0.39 is 5.91 Å². The maximum atomic E-state index is 11.6. The minimum Gasteiger partial charge on any atom is -0.507 e. The molecule has 0 unspecified atom stereocenters. The molecule has 0 atom stereocenters. The highest BCUT2D eigenvalue weighted by atomic mass is 79.9. The Morgan fingerprint density at radius 1 is 1.26 bits per heavy atom. The summed E-state index contributed by atoms with van der Waals surface area (Å²) in [6.07, 6.45) is 1.33. The van der Waals surface area contributed by atoms with Crippen molar-refractivity contribution >= 4 is 28.1 Å². The Labute approximate surface area is 141 Å². The van der Waals surface area contributed by atoms with Crippen LogP contribution in [-0.2, 0) is 4.79 Å². The second-order valence-electron chi connectivity index (χ2n) is 4.46. The van der Waals surface area contributed by atoms with Gasteiger partial charge in [-0.2, -0.15) is 5.10 Å². The number of rotatable bonds is 6. The van der Waals surface area contributed by atoms with Crippen LogP contribution < -0.4 is 14.9 Å². The van der Waals surface area contributed by atoms with Gasteiger partial charge in [-0.05, 0) is 42.5 Å². The van der Waals surface area contributed by atoms with E-state index in [0.29, 0.717) is 17.1 Å². The van der Waals surface area contributed by atoms with Gasteiger partial charge < -0.3 is 14.6 Å². The molecule has 6 nitrogen and oxygen atoms in total. The first-order valence-electron chi connectivity index (χ1n) is 6.66. The molecule has 0 saturated carbocycles. The second-order valence-corrected chi connectivity index (χ2v) is 5.38. The van der Waals surface area contributed by atoms with Crippen molar-refractivity contribution in [2.75, 3.05) is 13.7 Å². The van der Waals surface area contributed by atoms with Crippen molar-refractivity contribution in [1.29, 1.82) is 0 Å². The predicted octanol–water partition coefficient (Wildman–Crippen LogP) is 2.69. The third-order valence-electron chi connectivity index (χ3n) is 2.81. The van der Waals surface area contributed by atoms with Crippen LogP contribution in [0, 0.1) is 0 Å². The zero-order valence-corrected chi connectivity index (χ0v) is 13.9. The Balaban J connectivity index is 1.85. The molecule has 0 aliphatic carbocycles. The van der Waals surface area contributed by atoms with Gasteiger partial charge in [0.2, 0.25) is 0 Å². The Kier molecular flexibility index (Phi) is 5.99. The van der Waals surface area contributed by atoms with Crippen molar-refractivity contribution in [3.05, 3.63) is 52.5 Å². The van der Waals surface area contributed by atoms with Gasteiger partial charge >= 0.3 is 0 Å². The van der Waals surface area contributed by atoms with E-state index >= 15 is 0 Å². The van der Waals surface area contributed by atoms with Crippen molar-refractivity contribution in [2.45, 2.75) is 0 Å². The lowest BCUT2D eigenvalue weighted by Gasteiger charge is -2.05. The van der Waals surface area contributed by atoms with Gasteiger partial charge in [0.25, 0.3) is 5.91 Å². The summed E-state index contributed by atoms with van der Waals surface area (Å²) in [6.45, 7) is -0.164. The number of phenols is 1. The number of carbonyl (C=O) groups excluding carboxylic acids is 1. The van der Waals surface area contributed by atoms with E-state index in [4.69, 9.17) is 9.47 Å². The number of methoxy groups -OCH3 is 1. The molecule has 0 aromatic heterocycles. The normalized spacial score (nSPS) is 10.5. The molecule has 0 fully saturated rings. The lowest BCUT2D eigenvalue weighted by atomic mass is 10.2. The number of nitrogens with zero attached hydrogens (tertiary/aromatic N) is 1. The number of carbonyl (C=O) groups is 1. The van der Waals surface area contributed by atoms with Gasteiger partial charge in [0.15, 0.2) is 6.61 Å². The van der Waals surface area contributed by atoms with Crippen LogP contribution in [0.1, 0.15) is 5.56 Å². The molecule has 120 valence electrons. The molecule has 7 heteroatoms. The van der Waals surface area contributed by atoms with Crippen molar-refractivity contribution in [1.82, 2.24) is 5.43 Å². The first kappa shape index (κ1) is 16.8. The molecule has 23 heavy (non-hydrogen) atoms. The molecule has 0 spiro atoms. The number of hydrazone groups is 1. The lowest BCUT2D eigenvalue weighted by Crippen LogP contribution is -2.24. The standard InChI is InChI=1S/C16H15BrN2O4/c1-22-14-6-7-15(20)11(8-14)9-18-19-16(21)10-23-13-4-2-12(17)3-5-13/h2-9,20H,10H2,1H3,(H,19,21). The van der Waals surface area contributed by atoms with Crippen LogP contribution in [0.25, 0.3) is 0 Å².